The summed E-state index contributed by atoms with van der Waals surface area (Å²) < 4.78 is 41.3. The van der Waals surface area contributed by atoms with E-state index in [1.54, 1.807) is 0 Å². The molecule has 0 N–H and O–H groups in total. The van der Waals surface area contributed by atoms with E-state index < -0.39 is 15.8 Å². The molecule has 6 heteroatoms. The van der Waals surface area contributed by atoms with Gasteiger partial charge in [-0.3, -0.25) is 0 Å². The predicted molar refractivity (Wildman–Crippen MR) is 82.4 cm³/mol. The summed E-state index contributed by atoms with van der Waals surface area (Å²) in [7, 11) is -3.68. The van der Waals surface area contributed by atoms with Crippen LogP contribution in [0.3, 0.4) is 0 Å². The molecular formula is C15H21ClFNO2S. The molecule has 0 atom stereocenters. The normalized spacial score (nSPS) is 16.0. The van der Waals surface area contributed by atoms with Crippen LogP contribution < -0.4 is 0 Å². The van der Waals surface area contributed by atoms with Crippen molar-refractivity contribution >= 4 is 21.6 Å². The largest absolute Gasteiger partial charge is 0.243 e. The van der Waals surface area contributed by atoms with Crippen molar-refractivity contribution < 1.29 is 12.8 Å². The highest BCUT2D eigenvalue weighted by Crippen LogP contribution is 2.34. The first kappa shape index (κ1) is 16.7. The van der Waals surface area contributed by atoms with Crippen LogP contribution in [0.1, 0.15) is 37.8 Å². The number of benzene rings is 1. The van der Waals surface area contributed by atoms with Crippen molar-refractivity contribution in [1.29, 1.82) is 0 Å². The Morgan fingerprint density at radius 1 is 1.38 bits per heavy atom. The van der Waals surface area contributed by atoms with Gasteiger partial charge in [-0.25, -0.2) is 12.8 Å². The molecule has 1 aliphatic rings. The Balaban J connectivity index is 2.49. The number of halogens is 2. The van der Waals surface area contributed by atoms with Crippen LogP contribution in [0.15, 0.2) is 17.0 Å². The SMILES string of the molecule is Cc1c(F)cc(CCl)cc1S(=O)(=O)N(CC(C)C)C1CC1. The molecular weight excluding hydrogens is 313 g/mol. The van der Waals surface area contributed by atoms with Crippen LogP contribution in [0.2, 0.25) is 0 Å². The zero-order valence-corrected chi connectivity index (χ0v) is 14.1. The third kappa shape index (κ3) is 3.58. The fourth-order valence-corrected chi connectivity index (χ4v) is 4.63. The lowest BCUT2D eigenvalue weighted by molar-refractivity contribution is 0.359. The molecule has 0 radical (unpaired) electrons. The minimum atomic E-state index is -3.68. The van der Waals surface area contributed by atoms with Gasteiger partial charge in [-0.15, -0.1) is 11.6 Å². The summed E-state index contributed by atoms with van der Waals surface area (Å²) in [4.78, 5) is 0.0469. The van der Waals surface area contributed by atoms with Crippen LogP contribution in [0, 0.1) is 18.7 Å². The highest BCUT2D eigenvalue weighted by molar-refractivity contribution is 7.89. The number of hydrogen-bond acceptors (Lipinski definition) is 2. The van der Waals surface area contributed by atoms with E-state index in [9.17, 15) is 12.8 Å². The number of sulfonamides is 1. The Labute approximate surface area is 131 Å². The first-order chi connectivity index (χ1) is 9.77. The van der Waals surface area contributed by atoms with Crippen LogP contribution in [0.25, 0.3) is 0 Å². The highest BCUT2D eigenvalue weighted by Gasteiger charge is 2.39. The molecule has 0 saturated heterocycles. The number of nitrogens with zero attached hydrogens (tertiary/aromatic N) is 1. The minimum Gasteiger partial charge on any atom is -0.207 e. The summed E-state index contributed by atoms with van der Waals surface area (Å²) in [6.45, 7) is 5.92. The second kappa shape index (κ2) is 6.23. The molecule has 1 aromatic carbocycles. The van der Waals surface area contributed by atoms with Gasteiger partial charge in [0.25, 0.3) is 0 Å². The lowest BCUT2D eigenvalue weighted by atomic mass is 10.1. The van der Waals surface area contributed by atoms with E-state index in [2.05, 4.69) is 0 Å². The van der Waals surface area contributed by atoms with Gasteiger partial charge < -0.3 is 0 Å². The Hall–Kier alpha value is -0.650. The summed E-state index contributed by atoms with van der Waals surface area (Å²) in [5.41, 5.74) is 0.650. The molecule has 2 rings (SSSR count). The van der Waals surface area contributed by atoms with E-state index in [4.69, 9.17) is 11.6 Å². The molecule has 0 unspecified atom stereocenters. The molecule has 1 saturated carbocycles. The lowest BCUT2D eigenvalue weighted by Gasteiger charge is -2.25. The Bertz CT molecular complexity index is 627. The number of alkyl halides is 1. The average Bonchev–Trinajstić information content (AvgIpc) is 3.22. The molecule has 21 heavy (non-hydrogen) atoms. The average molecular weight is 334 g/mol. The van der Waals surface area contributed by atoms with Gasteiger partial charge in [0.15, 0.2) is 0 Å². The fourth-order valence-electron chi connectivity index (χ4n) is 2.34. The molecule has 0 heterocycles. The van der Waals surface area contributed by atoms with Gasteiger partial charge in [0.05, 0.1) is 4.90 Å². The highest BCUT2D eigenvalue weighted by atomic mass is 35.5. The van der Waals surface area contributed by atoms with Crippen molar-refractivity contribution in [2.24, 2.45) is 5.92 Å². The van der Waals surface area contributed by atoms with Crippen molar-refractivity contribution in [2.45, 2.75) is 50.4 Å². The van der Waals surface area contributed by atoms with E-state index in [1.165, 1.54) is 23.4 Å². The first-order valence-electron chi connectivity index (χ1n) is 7.14. The summed E-state index contributed by atoms with van der Waals surface area (Å²) >= 11 is 5.74. The summed E-state index contributed by atoms with van der Waals surface area (Å²) in [5, 5.41) is 0. The van der Waals surface area contributed by atoms with Gasteiger partial charge in [0, 0.05) is 24.0 Å². The van der Waals surface area contributed by atoms with Crippen LogP contribution in [-0.2, 0) is 15.9 Å². The molecule has 0 aromatic heterocycles. The maximum atomic E-state index is 14.0. The van der Waals surface area contributed by atoms with Crippen LogP contribution in [0.5, 0.6) is 0 Å². The molecule has 118 valence electrons. The van der Waals surface area contributed by atoms with E-state index in [0.717, 1.165) is 12.8 Å². The van der Waals surface area contributed by atoms with Crippen molar-refractivity contribution in [3.8, 4) is 0 Å². The van der Waals surface area contributed by atoms with E-state index >= 15 is 0 Å². The lowest BCUT2D eigenvalue weighted by Crippen LogP contribution is -2.36. The van der Waals surface area contributed by atoms with Crippen molar-refractivity contribution in [3.05, 3.63) is 29.1 Å². The van der Waals surface area contributed by atoms with Crippen molar-refractivity contribution in [1.82, 2.24) is 4.31 Å². The van der Waals surface area contributed by atoms with Crippen LogP contribution in [0.4, 0.5) is 4.39 Å². The predicted octanol–water partition coefficient (Wildman–Crippen LogP) is 3.68. The Kier molecular flexibility index (Phi) is 4.96. The second-order valence-electron chi connectivity index (χ2n) is 6.03. The molecule has 0 bridgehead atoms. The van der Waals surface area contributed by atoms with Gasteiger partial charge >= 0.3 is 0 Å². The quantitative estimate of drug-likeness (QED) is 0.745. The molecule has 1 fully saturated rings. The Morgan fingerprint density at radius 3 is 2.48 bits per heavy atom. The topological polar surface area (TPSA) is 37.4 Å². The number of hydrogen-bond donors (Lipinski definition) is 0. The van der Waals surface area contributed by atoms with E-state index in [1.807, 2.05) is 13.8 Å². The van der Waals surface area contributed by atoms with Gasteiger partial charge in [-0.2, -0.15) is 4.31 Å². The zero-order chi connectivity index (χ0) is 15.8. The van der Waals surface area contributed by atoms with Crippen molar-refractivity contribution in [3.63, 3.8) is 0 Å². The van der Waals surface area contributed by atoms with E-state index in [-0.39, 0.29) is 28.3 Å². The monoisotopic (exact) mass is 333 g/mol. The van der Waals surface area contributed by atoms with Gasteiger partial charge in [0.2, 0.25) is 10.0 Å². The third-order valence-electron chi connectivity index (χ3n) is 3.60. The molecule has 1 aromatic rings. The van der Waals surface area contributed by atoms with Gasteiger partial charge in [0.1, 0.15) is 5.82 Å². The van der Waals surface area contributed by atoms with E-state index in [0.29, 0.717) is 12.1 Å². The fraction of sp³-hybridized carbons (Fsp3) is 0.600. The molecule has 3 nitrogen and oxygen atoms in total. The smallest absolute Gasteiger partial charge is 0.207 e. The summed E-state index contributed by atoms with van der Waals surface area (Å²) in [6, 6.07) is 2.85. The third-order valence-corrected chi connectivity index (χ3v) is 5.95. The zero-order valence-electron chi connectivity index (χ0n) is 12.6. The van der Waals surface area contributed by atoms with Crippen molar-refractivity contribution in [2.75, 3.05) is 6.54 Å². The molecule has 1 aliphatic carbocycles. The number of rotatable bonds is 6. The summed E-state index contributed by atoms with van der Waals surface area (Å²) in [6.07, 6.45) is 1.76. The molecule has 0 aliphatic heterocycles. The standard InChI is InChI=1S/C15H21ClFNO2S/c1-10(2)9-18(13-4-5-13)21(19,20)15-7-12(8-16)6-14(17)11(15)3/h6-7,10,13H,4-5,8-9H2,1-3H3. The van der Waals surface area contributed by atoms with Crippen LogP contribution in [-0.4, -0.2) is 25.3 Å². The second-order valence-corrected chi connectivity index (χ2v) is 8.16. The summed E-state index contributed by atoms with van der Waals surface area (Å²) in [5.74, 6) is -0.207. The minimum absolute atomic E-state index is 0.0469. The van der Waals surface area contributed by atoms with Gasteiger partial charge in [-0.1, -0.05) is 13.8 Å². The Morgan fingerprint density at radius 2 is 2.00 bits per heavy atom. The maximum Gasteiger partial charge on any atom is 0.243 e. The molecule has 0 amide bonds. The maximum absolute atomic E-state index is 14.0. The van der Waals surface area contributed by atoms with Crippen LogP contribution >= 0.6 is 11.6 Å². The van der Waals surface area contributed by atoms with Gasteiger partial charge in [-0.05, 0) is 43.4 Å². The first-order valence-corrected chi connectivity index (χ1v) is 9.11. The molecule has 0 spiro atoms.